The molecule has 2 aliphatic rings. The second kappa shape index (κ2) is 5.86. The largest absolute Gasteiger partial charge is 0.303 e. The van der Waals surface area contributed by atoms with Crippen LogP contribution in [0.15, 0.2) is 36.4 Å². The molecule has 0 radical (unpaired) electrons. The lowest BCUT2D eigenvalue weighted by Gasteiger charge is -2.51. The molecule has 2 unspecified atom stereocenters. The quantitative estimate of drug-likeness (QED) is 0.666. The molecule has 24 heavy (non-hydrogen) atoms. The van der Waals surface area contributed by atoms with E-state index in [9.17, 15) is 4.39 Å². The molecule has 2 atom stereocenters. The third-order valence-corrected chi connectivity index (χ3v) is 6.38. The van der Waals surface area contributed by atoms with Crippen LogP contribution in [0.4, 0.5) is 4.39 Å². The predicted molar refractivity (Wildman–Crippen MR) is 98.2 cm³/mol. The summed E-state index contributed by atoms with van der Waals surface area (Å²) in [6.45, 7) is 3.48. The Hall–Kier alpha value is -1.38. The number of benzene rings is 2. The summed E-state index contributed by atoms with van der Waals surface area (Å²) in [5.41, 5.74) is 4.47. The summed E-state index contributed by atoms with van der Waals surface area (Å²) in [6, 6.07) is 12.0. The van der Waals surface area contributed by atoms with E-state index in [-0.39, 0.29) is 11.2 Å². The van der Waals surface area contributed by atoms with Gasteiger partial charge in [0.25, 0.3) is 0 Å². The van der Waals surface area contributed by atoms with Crippen LogP contribution in [0.2, 0.25) is 5.02 Å². The number of piperidine rings is 1. The number of nitrogens with zero attached hydrogens (tertiary/aromatic N) is 1. The van der Waals surface area contributed by atoms with Gasteiger partial charge in [-0.1, -0.05) is 36.7 Å². The van der Waals surface area contributed by atoms with Gasteiger partial charge in [0.2, 0.25) is 0 Å². The highest BCUT2D eigenvalue weighted by atomic mass is 35.5. The van der Waals surface area contributed by atoms with Crippen molar-refractivity contribution in [2.24, 2.45) is 0 Å². The van der Waals surface area contributed by atoms with E-state index in [1.807, 2.05) is 18.2 Å². The van der Waals surface area contributed by atoms with Crippen molar-refractivity contribution in [3.63, 3.8) is 0 Å². The Morgan fingerprint density at radius 3 is 2.67 bits per heavy atom. The molecule has 0 N–H and O–H groups in total. The number of hydrogen-bond acceptors (Lipinski definition) is 1. The van der Waals surface area contributed by atoms with Crippen molar-refractivity contribution in [2.75, 3.05) is 13.6 Å². The lowest BCUT2D eigenvalue weighted by Crippen LogP contribution is -2.54. The third kappa shape index (κ3) is 2.39. The topological polar surface area (TPSA) is 3.24 Å². The van der Waals surface area contributed by atoms with Crippen LogP contribution in [0, 0.1) is 5.82 Å². The van der Waals surface area contributed by atoms with Gasteiger partial charge in [-0.3, -0.25) is 0 Å². The van der Waals surface area contributed by atoms with Crippen LogP contribution < -0.4 is 0 Å². The fourth-order valence-corrected chi connectivity index (χ4v) is 5.13. The Labute approximate surface area is 148 Å². The van der Waals surface area contributed by atoms with Crippen molar-refractivity contribution in [3.8, 4) is 11.1 Å². The molecule has 1 fully saturated rings. The van der Waals surface area contributed by atoms with E-state index < -0.39 is 0 Å². The molecule has 1 saturated heterocycles. The molecule has 2 aromatic carbocycles. The lowest BCUT2D eigenvalue weighted by molar-refractivity contribution is 0.0849. The van der Waals surface area contributed by atoms with Gasteiger partial charge >= 0.3 is 0 Å². The van der Waals surface area contributed by atoms with Crippen molar-refractivity contribution in [2.45, 2.75) is 44.1 Å². The van der Waals surface area contributed by atoms with Gasteiger partial charge in [0.05, 0.1) is 0 Å². The molecule has 0 saturated carbocycles. The Morgan fingerprint density at radius 1 is 1.17 bits per heavy atom. The average Bonchev–Trinajstić information content (AvgIpc) is 2.56. The van der Waals surface area contributed by atoms with E-state index in [1.165, 1.54) is 17.5 Å². The predicted octanol–water partition coefficient (Wildman–Crippen LogP) is 5.44. The highest BCUT2D eigenvalue weighted by Crippen LogP contribution is 2.49. The van der Waals surface area contributed by atoms with Gasteiger partial charge in [-0.05, 0) is 79.7 Å². The number of halogens is 2. The number of rotatable bonds is 1. The van der Waals surface area contributed by atoms with Crippen LogP contribution in [-0.2, 0) is 11.8 Å². The molecule has 1 heterocycles. The second-order valence-electron chi connectivity index (χ2n) is 7.51. The lowest BCUT2D eigenvalue weighted by atomic mass is 9.61. The van der Waals surface area contributed by atoms with Gasteiger partial charge in [-0.25, -0.2) is 4.39 Å². The fourth-order valence-electron chi connectivity index (χ4n) is 5.01. The van der Waals surface area contributed by atoms with Gasteiger partial charge in [-0.15, -0.1) is 0 Å². The average molecular weight is 344 g/mol. The maximum Gasteiger partial charge on any atom is 0.126 e. The van der Waals surface area contributed by atoms with Crippen molar-refractivity contribution < 1.29 is 4.39 Å². The zero-order valence-electron chi connectivity index (χ0n) is 14.3. The second-order valence-corrected chi connectivity index (χ2v) is 7.95. The van der Waals surface area contributed by atoms with E-state index >= 15 is 0 Å². The van der Waals surface area contributed by atoms with E-state index in [4.69, 9.17) is 11.6 Å². The van der Waals surface area contributed by atoms with Crippen LogP contribution in [0.3, 0.4) is 0 Å². The fraction of sp³-hybridized carbons (Fsp3) is 0.429. The molecule has 3 heteroatoms. The van der Waals surface area contributed by atoms with Gasteiger partial charge < -0.3 is 4.90 Å². The van der Waals surface area contributed by atoms with Gasteiger partial charge in [-0.2, -0.15) is 0 Å². The Kier molecular flexibility index (Phi) is 3.93. The highest BCUT2D eigenvalue weighted by molar-refractivity contribution is 6.30. The van der Waals surface area contributed by atoms with Crippen LogP contribution >= 0.6 is 11.6 Å². The molecule has 0 spiro atoms. The van der Waals surface area contributed by atoms with Gasteiger partial charge in [0.1, 0.15) is 5.82 Å². The summed E-state index contributed by atoms with van der Waals surface area (Å²) in [5.74, 6) is -0.0457. The zero-order chi connectivity index (χ0) is 16.9. The van der Waals surface area contributed by atoms with Crippen molar-refractivity contribution in [1.82, 2.24) is 4.90 Å². The van der Waals surface area contributed by atoms with Crippen molar-refractivity contribution in [1.29, 1.82) is 0 Å². The Bertz CT molecular complexity index is 770. The number of likely N-dealkylation sites (tertiary alicyclic amines) is 1. The van der Waals surface area contributed by atoms with Crippen LogP contribution in [-0.4, -0.2) is 24.5 Å². The normalized spacial score (nSPS) is 26.8. The minimum Gasteiger partial charge on any atom is -0.303 e. The SMILES string of the molecule is CN1CCCC2(C)c3c(-c4ccc(Cl)cc4)ccc(F)c3CCC12. The summed E-state index contributed by atoms with van der Waals surface area (Å²) < 4.78 is 14.6. The molecule has 0 bridgehead atoms. The van der Waals surface area contributed by atoms with Crippen LogP contribution in [0.5, 0.6) is 0 Å². The summed E-state index contributed by atoms with van der Waals surface area (Å²) in [4.78, 5) is 2.48. The monoisotopic (exact) mass is 343 g/mol. The number of fused-ring (bicyclic) bond motifs is 3. The first-order chi connectivity index (χ1) is 11.5. The smallest absolute Gasteiger partial charge is 0.126 e. The van der Waals surface area contributed by atoms with Crippen LogP contribution in [0.25, 0.3) is 11.1 Å². The minimum atomic E-state index is -0.0457. The molecular formula is C21H23ClFN. The van der Waals surface area contributed by atoms with Crippen molar-refractivity contribution in [3.05, 3.63) is 58.4 Å². The van der Waals surface area contributed by atoms with Crippen LogP contribution in [0.1, 0.15) is 37.3 Å². The summed E-state index contributed by atoms with van der Waals surface area (Å²) in [5, 5.41) is 0.733. The first kappa shape index (κ1) is 16.1. The standard InChI is InChI=1S/C21H23ClFN/c1-21-12-3-13-24(2)19(21)11-9-17-18(23)10-8-16(20(17)21)14-4-6-15(22)7-5-14/h4-8,10,19H,3,9,11-13H2,1-2H3. The summed E-state index contributed by atoms with van der Waals surface area (Å²) in [7, 11) is 2.22. The third-order valence-electron chi connectivity index (χ3n) is 6.12. The first-order valence-electron chi connectivity index (χ1n) is 8.79. The van der Waals surface area contributed by atoms with Crippen molar-refractivity contribution >= 4 is 11.6 Å². The Morgan fingerprint density at radius 2 is 1.92 bits per heavy atom. The maximum atomic E-state index is 14.6. The molecular weight excluding hydrogens is 321 g/mol. The molecule has 1 nitrogen and oxygen atoms in total. The zero-order valence-corrected chi connectivity index (χ0v) is 15.0. The maximum absolute atomic E-state index is 14.6. The van der Waals surface area contributed by atoms with E-state index in [1.54, 1.807) is 6.07 Å². The highest BCUT2D eigenvalue weighted by Gasteiger charge is 2.46. The molecule has 4 rings (SSSR count). The molecule has 2 aromatic rings. The van der Waals surface area contributed by atoms with E-state index in [0.29, 0.717) is 6.04 Å². The van der Waals surface area contributed by atoms with Gasteiger partial charge in [0, 0.05) is 16.5 Å². The molecule has 1 aliphatic carbocycles. The molecule has 1 aliphatic heterocycles. The van der Waals surface area contributed by atoms with E-state index in [2.05, 4.69) is 31.0 Å². The summed E-state index contributed by atoms with van der Waals surface area (Å²) in [6.07, 6.45) is 4.16. The van der Waals surface area contributed by atoms with E-state index in [0.717, 1.165) is 42.0 Å². The first-order valence-corrected chi connectivity index (χ1v) is 9.16. The molecule has 0 aromatic heterocycles. The summed E-state index contributed by atoms with van der Waals surface area (Å²) >= 11 is 6.06. The Balaban J connectivity index is 1.94. The van der Waals surface area contributed by atoms with Gasteiger partial charge in [0.15, 0.2) is 0 Å². The molecule has 126 valence electrons. The number of hydrogen-bond donors (Lipinski definition) is 0. The minimum absolute atomic E-state index is 0.0116. The number of likely N-dealkylation sites (N-methyl/N-ethyl adjacent to an activating group) is 1. The molecule has 0 amide bonds.